The van der Waals surface area contributed by atoms with Gasteiger partial charge in [-0.1, -0.05) is 32.6 Å². The number of aromatic nitrogens is 2. The minimum atomic E-state index is -0.164. The van der Waals surface area contributed by atoms with Gasteiger partial charge >= 0.3 is 0 Å². The van der Waals surface area contributed by atoms with Gasteiger partial charge in [0.15, 0.2) is 0 Å². The minimum absolute atomic E-state index is 0.0105. The maximum absolute atomic E-state index is 13.4. The summed E-state index contributed by atoms with van der Waals surface area (Å²) in [6.07, 6.45) is 10.1. The molecule has 2 aliphatic rings. The Labute approximate surface area is 199 Å². The third kappa shape index (κ3) is 5.15. The van der Waals surface area contributed by atoms with Gasteiger partial charge in [-0.2, -0.15) is 0 Å². The van der Waals surface area contributed by atoms with Crippen molar-refractivity contribution >= 4 is 33.4 Å². The number of aryl methyl sites for hydroxylation is 2. The summed E-state index contributed by atoms with van der Waals surface area (Å²) in [6, 6.07) is 0. The zero-order chi connectivity index (χ0) is 23.4. The molecule has 1 fully saturated rings. The maximum atomic E-state index is 13.4. The molecule has 2 amide bonds. The quantitative estimate of drug-likeness (QED) is 0.617. The number of unbranched alkanes of at least 4 members (excludes halogenated alkanes) is 3. The van der Waals surface area contributed by atoms with E-state index in [-0.39, 0.29) is 23.3 Å². The summed E-state index contributed by atoms with van der Waals surface area (Å²) >= 11 is 1.33. The van der Waals surface area contributed by atoms with Gasteiger partial charge in [0.2, 0.25) is 5.91 Å². The SMILES string of the molecule is CCCCCCNC(=O)C1CCCN(C(=O)c2sc3nc4n(c(=O)c3c2C)CCCCC4)C1. The fourth-order valence-corrected chi connectivity index (χ4v) is 6.20. The van der Waals surface area contributed by atoms with E-state index in [9.17, 15) is 14.4 Å². The smallest absolute Gasteiger partial charge is 0.264 e. The topological polar surface area (TPSA) is 84.3 Å². The van der Waals surface area contributed by atoms with Crippen LogP contribution in [0.4, 0.5) is 0 Å². The standard InChI is InChI=1S/C25H36N4O3S/c1-3-4-5-8-13-26-22(30)18-11-10-14-28(16-18)25(32)21-17(2)20-23(33-21)27-19-12-7-6-9-15-29(19)24(20)31/h18H,3-16H2,1-2H3,(H,26,30). The summed E-state index contributed by atoms with van der Waals surface area (Å²) in [7, 11) is 0. The molecular formula is C25H36N4O3S. The van der Waals surface area contributed by atoms with Crippen LogP contribution in [0.2, 0.25) is 0 Å². The highest BCUT2D eigenvalue weighted by molar-refractivity contribution is 7.20. The van der Waals surface area contributed by atoms with Crippen molar-refractivity contribution < 1.29 is 9.59 Å². The van der Waals surface area contributed by atoms with Gasteiger partial charge in [-0.05, 0) is 44.6 Å². The van der Waals surface area contributed by atoms with Crippen molar-refractivity contribution in [3.8, 4) is 0 Å². The number of hydrogen-bond donors (Lipinski definition) is 1. The lowest BCUT2D eigenvalue weighted by molar-refractivity contribution is -0.126. The fourth-order valence-electron chi connectivity index (χ4n) is 5.04. The average molecular weight is 473 g/mol. The first-order valence-electron chi connectivity index (χ1n) is 12.6. The molecule has 0 saturated carbocycles. The highest BCUT2D eigenvalue weighted by atomic mass is 32.1. The number of piperidine rings is 1. The van der Waals surface area contributed by atoms with Gasteiger partial charge in [-0.3, -0.25) is 19.0 Å². The van der Waals surface area contributed by atoms with E-state index in [0.717, 1.165) is 62.8 Å². The Balaban J connectivity index is 1.49. The first-order valence-corrected chi connectivity index (χ1v) is 13.4. The van der Waals surface area contributed by atoms with E-state index in [4.69, 9.17) is 4.98 Å². The molecule has 2 aliphatic heterocycles. The number of nitrogens with zero attached hydrogens (tertiary/aromatic N) is 3. The van der Waals surface area contributed by atoms with Crippen molar-refractivity contribution in [3.63, 3.8) is 0 Å². The molecule has 0 aliphatic carbocycles. The van der Waals surface area contributed by atoms with Crippen LogP contribution in [0.25, 0.3) is 10.2 Å². The lowest BCUT2D eigenvalue weighted by atomic mass is 9.96. The highest BCUT2D eigenvalue weighted by Crippen LogP contribution is 2.30. The number of nitrogens with one attached hydrogen (secondary N) is 1. The molecule has 0 bridgehead atoms. The van der Waals surface area contributed by atoms with Crippen LogP contribution in [0.1, 0.15) is 85.8 Å². The predicted molar refractivity (Wildman–Crippen MR) is 132 cm³/mol. The van der Waals surface area contributed by atoms with Gasteiger partial charge in [0.1, 0.15) is 10.7 Å². The molecule has 4 heterocycles. The number of amides is 2. The van der Waals surface area contributed by atoms with E-state index in [2.05, 4.69) is 12.2 Å². The Hall–Kier alpha value is -2.22. The van der Waals surface area contributed by atoms with E-state index in [1.54, 1.807) is 4.90 Å². The average Bonchev–Trinajstić information content (AvgIpc) is 2.98. The first-order chi connectivity index (χ1) is 16.0. The van der Waals surface area contributed by atoms with Gasteiger partial charge in [-0.25, -0.2) is 4.98 Å². The number of fused-ring (bicyclic) bond motifs is 2. The summed E-state index contributed by atoms with van der Waals surface area (Å²) in [5.41, 5.74) is 0.725. The molecule has 0 spiro atoms. The Morgan fingerprint density at radius 2 is 1.97 bits per heavy atom. The second-order valence-corrected chi connectivity index (χ2v) is 10.5. The van der Waals surface area contributed by atoms with Crippen LogP contribution in [0, 0.1) is 12.8 Å². The van der Waals surface area contributed by atoms with Gasteiger partial charge in [0.25, 0.3) is 11.5 Å². The van der Waals surface area contributed by atoms with Crippen molar-refractivity contribution in [1.29, 1.82) is 0 Å². The van der Waals surface area contributed by atoms with Crippen molar-refractivity contribution in [3.05, 3.63) is 26.6 Å². The van der Waals surface area contributed by atoms with Crippen molar-refractivity contribution in [2.75, 3.05) is 19.6 Å². The van der Waals surface area contributed by atoms with Crippen LogP contribution in [0.15, 0.2) is 4.79 Å². The number of thiophene rings is 1. The monoisotopic (exact) mass is 472 g/mol. The lowest BCUT2D eigenvalue weighted by Gasteiger charge is -2.32. The van der Waals surface area contributed by atoms with E-state index in [1.165, 1.54) is 24.2 Å². The molecule has 1 atom stereocenters. The molecule has 2 aromatic rings. The lowest BCUT2D eigenvalue weighted by Crippen LogP contribution is -2.45. The molecule has 7 nitrogen and oxygen atoms in total. The van der Waals surface area contributed by atoms with Crippen molar-refractivity contribution in [2.24, 2.45) is 5.92 Å². The molecule has 2 aromatic heterocycles. The number of hydrogen-bond acceptors (Lipinski definition) is 5. The second kappa shape index (κ2) is 10.8. The Bertz CT molecular complexity index is 1070. The van der Waals surface area contributed by atoms with Crippen LogP contribution >= 0.6 is 11.3 Å². The zero-order valence-electron chi connectivity index (χ0n) is 20.0. The van der Waals surface area contributed by atoms with E-state index in [1.807, 2.05) is 11.5 Å². The number of carbonyl (C=O) groups excluding carboxylic acids is 2. The predicted octanol–water partition coefficient (Wildman–Crippen LogP) is 4.04. The van der Waals surface area contributed by atoms with Gasteiger partial charge in [-0.15, -0.1) is 11.3 Å². The van der Waals surface area contributed by atoms with Crippen LogP contribution < -0.4 is 10.9 Å². The second-order valence-electron chi connectivity index (χ2n) is 9.47. The molecule has 33 heavy (non-hydrogen) atoms. The molecule has 180 valence electrons. The maximum Gasteiger partial charge on any atom is 0.264 e. The minimum Gasteiger partial charge on any atom is -0.356 e. The van der Waals surface area contributed by atoms with Crippen LogP contribution in [0.5, 0.6) is 0 Å². The van der Waals surface area contributed by atoms with E-state index >= 15 is 0 Å². The van der Waals surface area contributed by atoms with Crippen molar-refractivity contribution in [2.45, 2.75) is 84.6 Å². The van der Waals surface area contributed by atoms with Gasteiger partial charge < -0.3 is 10.2 Å². The van der Waals surface area contributed by atoms with Crippen LogP contribution in [-0.2, 0) is 17.8 Å². The molecule has 1 unspecified atom stereocenters. The third-order valence-electron chi connectivity index (χ3n) is 7.01. The Kier molecular flexibility index (Phi) is 7.83. The summed E-state index contributed by atoms with van der Waals surface area (Å²) < 4.78 is 1.81. The third-order valence-corrected chi connectivity index (χ3v) is 8.19. The zero-order valence-corrected chi connectivity index (χ0v) is 20.8. The van der Waals surface area contributed by atoms with Crippen LogP contribution in [-0.4, -0.2) is 45.9 Å². The number of rotatable bonds is 7. The van der Waals surface area contributed by atoms with Crippen LogP contribution in [0.3, 0.4) is 0 Å². The van der Waals surface area contributed by atoms with E-state index in [0.29, 0.717) is 41.3 Å². The molecule has 0 radical (unpaired) electrons. The molecular weight excluding hydrogens is 436 g/mol. The molecule has 4 rings (SSSR count). The summed E-state index contributed by atoms with van der Waals surface area (Å²) in [5, 5.41) is 3.65. The molecule has 1 saturated heterocycles. The highest BCUT2D eigenvalue weighted by Gasteiger charge is 2.31. The number of carbonyl (C=O) groups is 2. The Morgan fingerprint density at radius 1 is 1.12 bits per heavy atom. The summed E-state index contributed by atoms with van der Waals surface area (Å²) in [4.78, 5) is 47.2. The van der Waals surface area contributed by atoms with Gasteiger partial charge in [0, 0.05) is 32.6 Å². The van der Waals surface area contributed by atoms with Crippen molar-refractivity contribution in [1.82, 2.24) is 19.8 Å². The molecule has 8 heteroatoms. The fraction of sp³-hybridized carbons (Fsp3) is 0.680. The normalized spacial score (nSPS) is 18.7. The molecule has 0 aromatic carbocycles. The first kappa shape index (κ1) is 23.9. The Morgan fingerprint density at radius 3 is 2.79 bits per heavy atom. The largest absolute Gasteiger partial charge is 0.356 e. The summed E-state index contributed by atoms with van der Waals surface area (Å²) in [5.74, 6) is 0.665. The molecule has 1 N–H and O–H groups in total. The number of likely N-dealkylation sites (tertiary alicyclic amines) is 1. The summed E-state index contributed by atoms with van der Waals surface area (Å²) in [6.45, 7) is 6.54. The van der Waals surface area contributed by atoms with E-state index < -0.39 is 0 Å². The van der Waals surface area contributed by atoms with Gasteiger partial charge in [0.05, 0.1) is 16.2 Å².